The molecule has 1 saturated carbocycles. The van der Waals surface area contributed by atoms with Crippen molar-refractivity contribution in [3.63, 3.8) is 0 Å². The van der Waals surface area contributed by atoms with Gasteiger partial charge in [0, 0.05) is 18.8 Å². The van der Waals surface area contributed by atoms with Gasteiger partial charge in [-0.2, -0.15) is 15.0 Å². The Morgan fingerprint density at radius 3 is 2.89 bits per heavy atom. The molecule has 2 aromatic rings. The van der Waals surface area contributed by atoms with E-state index in [1.807, 2.05) is 24.0 Å². The van der Waals surface area contributed by atoms with E-state index in [1.165, 1.54) is 18.5 Å². The average Bonchev–Trinajstić information content (AvgIpc) is 3.10. The standard InChI is InChI=1S/C13H15N5/c1-8-13-10(5-6-14-8)12-11(7-17(13)2)15-18(16-12)9-3-4-9/h5-6,9H,3-4,7H2,1-2H3. The fourth-order valence-electron chi connectivity index (χ4n) is 2.67. The number of anilines is 1. The molecule has 3 heterocycles. The van der Waals surface area contributed by atoms with Crippen molar-refractivity contribution >= 4 is 5.69 Å². The minimum absolute atomic E-state index is 0.535. The molecule has 0 unspecified atom stereocenters. The van der Waals surface area contributed by atoms with Gasteiger partial charge in [-0.25, -0.2) is 0 Å². The number of hydrogen-bond acceptors (Lipinski definition) is 4. The zero-order chi connectivity index (χ0) is 12.3. The SMILES string of the molecule is Cc1nccc2c1N(C)Cc1nn(C3CC3)nc1-2. The molecule has 0 radical (unpaired) electrons. The number of fused-ring (bicyclic) bond motifs is 3. The van der Waals surface area contributed by atoms with E-state index in [0.717, 1.165) is 29.2 Å². The molecule has 0 spiro atoms. The smallest absolute Gasteiger partial charge is 0.120 e. The van der Waals surface area contributed by atoms with Crippen LogP contribution in [0.25, 0.3) is 11.3 Å². The highest BCUT2D eigenvalue weighted by Gasteiger charge is 2.31. The summed E-state index contributed by atoms with van der Waals surface area (Å²) in [5.41, 5.74) is 5.54. The Labute approximate surface area is 105 Å². The van der Waals surface area contributed by atoms with Crippen molar-refractivity contribution in [3.8, 4) is 11.3 Å². The second kappa shape index (κ2) is 3.31. The fourth-order valence-corrected chi connectivity index (χ4v) is 2.67. The minimum atomic E-state index is 0.535. The number of rotatable bonds is 1. The lowest BCUT2D eigenvalue weighted by molar-refractivity contribution is 0.549. The first-order chi connectivity index (χ1) is 8.74. The molecule has 0 N–H and O–H groups in total. The summed E-state index contributed by atoms with van der Waals surface area (Å²) < 4.78 is 0. The van der Waals surface area contributed by atoms with Gasteiger partial charge in [-0.1, -0.05) is 0 Å². The third-order valence-corrected chi connectivity index (χ3v) is 3.70. The number of pyridine rings is 1. The molecule has 1 fully saturated rings. The summed E-state index contributed by atoms with van der Waals surface area (Å²) in [6.45, 7) is 2.87. The van der Waals surface area contributed by atoms with Crippen LogP contribution in [0.1, 0.15) is 30.3 Å². The van der Waals surface area contributed by atoms with Gasteiger partial charge in [0.05, 0.1) is 24.0 Å². The predicted octanol–water partition coefficient (Wildman–Crippen LogP) is 1.93. The lowest BCUT2D eigenvalue weighted by Crippen LogP contribution is -2.23. The summed E-state index contributed by atoms with van der Waals surface area (Å²) in [6.07, 6.45) is 4.28. The van der Waals surface area contributed by atoms with Crippen molar-refractivity contribution in [2.45, 2.75) is 32.4 Å². The molecule has 18 heavy (non-hydrogen) atoms. The van der Waals surface area contributed by atoms with Crippen molar-refractivity contribution in [1.29, 1.82) is 0 Å². The topological polar surface area (TPSA) is 46.8 Å². The first kappa shape index (κ1) is 10.1. The van der Waals surface area contributed by atoms with Crippen LogP contribution in [-0.2, 0) is 6.54 Å². The summed E-state index contributed by atoms with van der Waals surface area (Å²) in [5, 5.41) is 9.32. The van der Waals surface area contributed by atoms with Crippen LogP contribution in [0.15, 0.2) is 12.3 Å². The summed E-state index contributed by atoms with van der Waals surface area (Å²) in [6, 6.07) is 2.58. The second-order valence-electron chi connectivity index (χ2n) is 5.20. The predicted molar refractivity (Wildman–Crippen MR) is 68.4 cm³/mol. The highest BCUT2D eigenvalue weighted by Crippen LogP contribution is 2.40. The molecule has 0 saturated heterocycles. The van der Waals surface area contributed by atoms with Crippen LogP contribution in [0, 0.1) is 6.92 Å². The molecule has 1 aliphatic heterocycles. The first-order valence-electron chi connectivity index (χ1n) is 6.37. The third kappa shape index (κ3) is 1.30. The van der Waals surface area contributed by atoms with Gasteiger partial charge in [0.15, 0.2) is 0 Å². The average molecular weight is 241 g/mol. The lowest BCUT2D eigenvalue weighted by Gasteiger charge is -2.26. The third-order valence-electron chi connectivity index (χ3n) is 3.70. The number of aryl methyl sites for hydroxylation is 1. The highest BCUT2D eigenvalue weighted by molar-refractivity contribution is 5.81. The molecule has 5 nitrogen and oxygen atoms in total. The van der Waals surface area contributed by atoms with E-state index in [2.05, 4.69) is 27.1 Å². The number of aromatic nitrogens is 4. The first-order valence-corrected chi connectivity index (χ1v) is 6.37. The van der Waals surface area contributed by atoms with Gasteiger partial charge in [0.2, 0.25) is 0 Å². The minimum Gasteiger partial charge on any atom is -0.367 e. The summed E-state index contributed by atoms with van der Waals surface area (Å²) >= 11 is 0. The van der Waals surface area contributed by atoms with E-state index in [9.17, 15) is 0 Å². The van der Waals surface area contributed by atoms with Gasteiger partial charge in [-0.05, 0) is 25.8 Å². The molecule has 2 aromatic heterocycles. The van der Waals surface area contributed by atoms with Crippen molar-refractivity contribution in [3.05, 3.63) is 23.7 Å². The second-order valence-corrected chi connectivity index (χ2v) is 5.20. The maximum atomic E-state index is 4.68. The van der Waals surface area contributed by atoms with Crippen molar-refractivity contribution in [2.75, 3.05) is 11.9 Å². The Morgan fingerprint density at radius 1 is 1.28 bits per heavy atom. The van der Waals surface area contributed by atoms with Gasteiger partial charge < -0.3 is 4.90 Å². The molecular weight excluding hydrogens is 226 g/mol. The largest absolute Gasteiger partial charge is 0.367 e. The van der Waals surface area contributed by atoms with Gasteiger partial charge in [-0.15, -0.1) is 0 Å². The fraction of sp³-hybridized carbons (Fsp3) is 0.462. The summed E-state index contributed by atoms with van der Waals surface area (Å²) in [5.74, 6) is 0. The van der Waals surface area contributed by atoms with Gasteiger partial charge in [-0.3, -0.25) is 4.98 Å². The molecule has 0 amide bonds. The van der Waals surface area contributed by atoms with Crippen LogP contribution in [-0.4, -0.2) is 27.0 Å². The Hall–Kier alpha value is -1.91. The van der Waals surface area contributed by atoms with Crippen LogP contribution in [0.2, 0.25) is 0 Å². The van der Waals surface area contributed by atoms with Crippen molar-refractivity contribution in [1.82, 2.24) is 20.0 Å². The van der Waals surface area contributed by atoms with Crippen LogP contribution < -0.4 is 4.90 Å². The van der Waals surface area contributed by atoms with Gasteiger partial charge >= 0.3 is 0 Å². The molecule has 1 aliphatic carbocycles. The molecule has 0 aromatic carbocycles. The Kier molecular flexibility index (Phi) is 1.85. The van der Waals surface area contributed by atoms with E-state index >= 15 is 0 Å². The van der Waals surface area contributed by atoms with E-state index in [0.29, 0.717) is 6.04 Å². The molecule has 92 valence electrons. The van der Waals surface area contributed by atoms with Gasteiger partial charge in [0.1, 0.15) is 11.4 Å². The Bertz CT molecular complexity index is 626. The molecule has 0 atom stereocenters. The van der Waals surface area contributed by atoms with Crippen molar-refractivity contribution < 1.29 is 0 Å². The Balaban J connectivity index is 1.93. The van der Waals surface area contributed by atoms with Gasteiger partial charge in [0.25, 0.3) is 0 Å². The lowest BCUT2D eigenvalue weighted by atomic mass is 10.0. The van der Waals surface area contributed by atoms with Crippen LogP contribution in [0.4, 0.5) is 5.69 Å². The Morgan fingerprint density at radius 2 is 2.11 bits per heavy atom. The quantitative estimate of drug-likeness (QED) is 0.765. The highest BCUT2D eigenvalue weighted by atomic mass is 15.5. The monoisotopic (exact) mass is 241 g/mol. The van der Waals surface area contributed by atoms with E-state index in [4.69, 9.17) is 0 Å². The summed E-state index contributed by atoms with van der Waals surface area (Å²) in [7, 11) is 2.09. The molecule has 2 aliphatic rings. The zero-order valence-corrected chi connectivity index (χ0v) is 10.6. The molecule has 0 bridgehead atoms. The van der Waals surface area contributed by atoms with E-state index in [-0.39, 0.29) is 0 Å². The molecular formula is C13H15N5. The van der Waals surface area contributed by atoms with Crippen LogP contribution in [0.5, 0.6) is 0 Å². The van der Waals surface area contributed by atoms with E-state index < -0.39 is 0 Å². The normalized spacial score (nSPS) is 17.6. The molecule has 5 heteroatoms. The van der Waals surface area contributed by atoms with E-state index in [1.54, 1.807) is 0 Å². The van der Waals surface area contributed by atoms with Crippen molar-refractivity contribution in [2.24, 2.45) is 0 Å². The summed E-state index contributed by atoms with van der Waals surface area (Å²) in [4.78, 5) is 8.49. The zero-order valence-electron chi connectivity index (χ0n) is 10.6. The molecule has 4 rings (SSSR count). The maximum absolute atomic E-state index is 4.68. The maximum Gasteiger partial charge on any atom is 0.120 e. The number of nitrogens with zero attached hydrogens (tertiary/aromatic N) is 5. The van der Waals surface area contributed by atoms with Crippen LogP contribution >= 0.6 is 0 Å². The number of hydrogen-bond donors (Lipinski definition) is 0. The van der Waals surface area contributed by atoms with Crippen LogP contribution in [0.3, 0.4) is 0 Å².